The Morgan fingerprint density at radius 3 is 2.57 bits per heavy atom. The number of nitrogens with zero attached hydrogens (tertiary/aromatic N) is 3. The fourth-order valence-corrected chi connectivity index (χ4v) is 1.80. The molecule has 0 radical (unpaired) electrons. The highest BCUT2D eigenvalue weighted by Crippen LogP contribution is 2.02. The molecule has 1 aromatic heterocycles. The van der Waals surface area contributed by atoms with Crippen LogP contribution in [0, 0.1) is 5.82 Å². The second-order valence-corrected chi connectivity index (χ2v) is 4.43. The second kappa shape index (κ2) is 8.60. The predicted octanol–water partition coefficient (Wildman–Crippen LogP) is 2.04. The molecule has 114 valence electrons. The number of aromatic nitrogens is 2. The molecule has 0 aliphatic heterocycles. The zero-order chi connectivity index (χ0) is 14.4. The number of hydrogen-bond acceptors (Lipinski definition) is 2. The van der Waals surface area contributed by atoms with E-state index < -0.39 is 0 Å². The number of halogens is 2. The zero-order valence-corrected chi connectivity index (χ0v) is 14.3. The Balaban J connectivity index is 0.00000220. The lowest BCUT2D eigenvalue weighted by atomic mass is 10.2. The Kier molecular flexibility index (Phi) is 7.13. The summed E-state index contributed by atoms with van der Waals surface area (Å²) < 4.78 is 14.8. The van der Waals surface area contributed by atoms with Crippen LogP contribution >= 0.6 is 24.0 Å². The maximum absolute atomic E-state index is 13.1. The minimum absolute atomic E-state index is 0. The van der Waals surface area contributed by atoms with E-state index in [2.05, 4.69) is 20.7 Å². The Morgan fingerprint density at radius 1 is 1.29 bits per heavy atom. The van der Waals surface area contributed by atoms with E-state index in [1.165, 1.54) is 12.1 Å². The Hall–Kier alpha value is -1.64. The summed E-state index contributed by atoms with van der Waals surface area (Å²) in [5, 5.41) is 10.4. The van der Waals surface area contributed by atoms with Crippen LogP contribution in [0.3, 0.4) is 0 Å². The third kappa shape index (κ3) is 5.70. The Bertz CT molecular complexity index is 597. The molecule has 0 unspecified atom stereocenters. The van der Waals surface area contributed by atoms with E-state index in [0.717, 1.165) is 11.1 Å². The average Bonchev–Trinajstić information content (AvgIpc) is 2.85. The van der Waals surface area contributed by atoms with E-state index in [1.54, 1.807) is 24.0 Å². The third-order valence-electron chi connectivity index (χ3n) is 2.79. The molecular weight excluding hydrogens is 384 g/mol. The highest BCUT2D eigenvalue weighted by molar-refractivity contribution is 14.0. The summed E-state index contributed by atoms with van der Waals surface area (Å²) in [6.45, 7) is 1.15. The van der Waals surface area contributed by atoms with Gasteiger partial charge < -0.3 is 10.6 Å². The average molecular weight is 403 g/mol. The van der Waals surface area contributed by atoms with Crippen molar-refractivity contribution < 1.29 is 4.39 Å². The molecule has 2 rings (SSSR count). The van der Waals surface area contributed by atoms with E-state index in [-0.39, 0.29) is 29.8 Å². The normalized spacial score (nSPS) is 10.9. The largest absolute Gasteiger partial charge is 0.352 e. The molecule has 2 aromatic rings. The van der Waals surface area contributed by atoms with Gasteiger partial charge in [0.25, 0.3) is 0 Å². The lowest BCUT2D eigenvalue weighted by Crippen LogP contribution is -2.36. The zero-order valence-electron chi connectivity index (χ0n) is 12.0. The van der Waals surface area contributed by atoms with Crippen molar-refractivity contribution in [2.75, 3.05) is 7.05 Å². The molecule has 0 aliphatic carbocycles. The molecule has 0 fully saturated rings. The van der Waals surface area contributed by atoms with Gasteiger partial charge in [-0.15, -0.1) is 24.0 Å². The van der Waals surface area contributed by atoms with Crippen LogP contribution in [-0.2, 0) is 20.1 Å². The lowest BCUT2D eigenvalue weighted by Gasteiger charge is -2.11. The molecule has 5 nitrogen and oxygen atoms in total. The van der Waals surface area contributed by atoms with Crippen LogP contribution in [0.1, 0.15) is 11.1 Å². The minimum Gasteiger partial charge on any atom is -0.352 e. The third-order valence-corrected chi connectivity index (χ3v) is 2.79. The van der Waals surface area contributed by atoms with Gasteiger partial charge in [0.05, 0.1) is 6.20 Å². The molecule has 21 heavy (non-hydrogen) atoms. The van der Waals surface area contributed by atoms with E-state index in [0.29, 0.717) is 19.0 Å². The van der Waals surface area contributed by atoms with Crippen LogP contribution in [0.4, 0.5) is 4.39 Å². The van der Waals surface area contributed by atoms with Crippen LogP contribution in [0.5, 0.6) is 0 Å². The van der Waals surface area contributed by atoms with Crippen LogP contribution in [-0.4, -0.2) is 22.8 Å². The number of rotatable bonds is 4. The molecule has 0 saturated carbocycles. The SMILES string of the molecule is CN=C(NCc1cccc(F)c1)NCc1cnn(C)c1.I. The fraction of sp³-hybridized carbons (Fsp3) is 0.286. The van der Waals surface area contributed by atoms with E-state index in [4.69, 9.17) is 0 Å². The summed E-state index contributed by atoms with van der Waals surface area (Å²) in [5.74, 6) is 0.431. The van der Waals surface area contributed by atoms with Gasteiger partial charge in [0.15, 0.2) is 5.96 Å². The summed E-state index contributed by atoms with van der Waals surface area (Å²) in [6.07, 6.45) is 3.74. The van der Waals surface area contributed by atoms with Crippen molar-refractivity contribution in [3.05, 3.63) is 53.6 Å². The van der Waals surface area contributed by atoms with Crippen molar-refractivity contribution >= 4 is 29.9 Å². The van der Waals surface area contributed by atoms with Crippen LogP contribution in [0.25, 0.3) is 0 Å². The van der Waals surface area contributed by atoms with E-state index >= 15 is 0 Å². The molecule has 2 N–H and O–H groups in total. The first-order valence-electron chi connectivity index (χ1n) is 6.34. The van der Waals surface area contributed by atoms with Crippen LogP contribution in [0.2, 0.25) is 0 Å². The number of benzene rings is 1. The van der Waals surface area contributed by atoms with Crippen molar-refractivity contribution in [2.24, 2.45) is 12.0 Å². The quantitative estimate of drug-likeness (QED) is 0.467. The highest BCUT2D eigenvalue weighted by Gasteiger charge is 2.01. The van der Waals surface area contributed by atoms with Crippen LogP contribution < -0.4 is 10.6 Å². The molecule has 7 heteroatoms. The van der Waals surface area contributed by atoms with Crippen molar-refractivity contribution in [3.63, 3.8) is 0 Å². The Labute approximate surface area is 140 Å². The number of hydrogen-bond donors (Lipinski definition) is 2. The number of aliphatic imine (C=N–C) groups is 1. The van der Waals surface area contributed by atoms with Gasteiger partial charge in [-0.25, -0.2) is 4.39 Å². The van der Waals surface area contributed by atoms with Gasteiger partial charge in [-0.2, -0.15) is 5.10 Å². The van der Waals surface area contributed by atoms with Gasteiger partial charge in [0, 0.05) is 38.9 Å². The smallest absolute Gasteiger partial charge is 0.191 e. The molecule has 0 spiro atoms. The first-order valence-corrected chi connectivity index (χ1v) is 6.34. The first-order chi connectivity index (χ1) is 9.67. The summed E-state index contributed by atoms with van der Waals surface area (Å²) in [5.41, 5.74) is 1.94. The number of guanidine groups is 1. The summed E-state index contributed by atoms with van der Waals surface area (Å²) in [4.78, 5) is 4.12. The maximum Gasteiger partial charge on any atom is 0.191 e. The summed E-state index contributed by atoms with van der Waals surface area (Å²) in [7, 11) is 3.57. The first kappa shape index (κ1) is 17.4. The topological polar surface area (TPSA) is 54.2 Å². The molecule has 0 bridgehead atoms. The van der Waals surface area contributed by atoms with Crippen LogP contribution in [0.15, 0.2) is 41.7 Å². The maximum atomic E-state index is 13.1. The molecule has 0 saturated heterocycles. The summed E-state index contributed by atoms with van der Waals surface area (Å²) in [6, 6.07) is 6.49. The molecular formula is C14H19FIN5. The monoisotopic (exact) mass is 403 g/mol. The standard InChI is InChI=1S/C14H18FN5.HI/c1-16-14(18-8-12-9-19-20(2)10-12)17-7-11-4-3-5-13(15)6-11;/h3-6,9-10H,7-8H2,1-2H3,(H2,16,17,18);1H. The number of nitrogens with one attached hydrogen (secondary N) is 2. The lowest BCUT2D eigenvalue weighted by molar-refractivity contribution is 0.624. The van der Waals surface area contributed by atoms with Crippen molar-refractivity contribution in [1.82, 2.24) is 20.4 Å². The molecule has 1 aromatic carbocycles. The van der Waals surface area contributed by atoms with Crippen molar-refractivity contribution in [2.45, 2.75) is 13.1 Å². The van der Waals surface area contributed by atoms with E-state index in [9.17, 15) is 4.39 Å². The second-order valence-electron chi connectivity index (χ2n) is 4.43. The summed E-state index contributed by atoms with van der Waals surface area (Å²) >= 11 is 0. The van der Waals surface area contributed by atoms with Gasteiger partial charge in [-0.1, -0.05) is 12.1 Å². The van der Waals surface area contributed by atoms with Gasteiger partial charge in [0.2, 0.25) is 0 Å². The fourth-order valence-electron chi connectivity index (χ4n) is 1.80. The van der Waals surface area contributed by atoms with E-state index in [1.807, 2.05) is 19.3 Å². The number of aryl methyl sites for hydroxylation is 1. The molecule has 0 amide bonds. The Morgan fingerprint density at radius 2 is 2.00 bits per heavy atom. The van der Waals surface area contributed by atoms with Crippen molar-refractivity contribution in [3.8, 4) is 0 Å². The minimum atomic E-state index is -0.234. The molecule has 1 heterocycles. The van der Waals surface area contributed by atoms with Gasteiger partial charge in [0.1, 0.15) is 5.82 Å². The van der Waals surface area contributed by atoms with Gasteiger partial charge in [-0.05, 0) is 17.7 Å². The molecule has 0 atom stereocenters. The molecule has 0 aliphatic rings. The van der Waals surface area contributed by atoms with Crippen molar-refractivity contribution in [1.29, 1.82) is 0 Å². The predicted molar refractivity (Wildman–Crippen MR) is 92.1 cm³/mol. The van der Waals surface area contributed by atoms with Gasteiger partial charge in [-0.3, -0.25) is 9.67 Å². The van der Waals surface area contributed by atoms with Gasteiger partial charge >= 0.3 is 0 Å². The highest BCUT2D eigenvalue weighted by atomic mass is 127.